The second-order valence-electron chi connectivity index (χ2n) is 11.4. The van der Waals surface area contributed by atoms with E-state index in [1.54, 1.807) is 17.2 Å². The van der Waals surface area contributed by atoms with Crippen molar-refractivity contribution in [1.29, 1.82) is 5.26 Å². The predicted molar refractivity (Wildman–Crippen MR) is 174 cm³/mol. The van der Waals surface area contributed by atoms with Gasteiger partial charge in [-0.2, -0.15) is 10.2 Å². The van der Waals surface area contributed by atoms with Gasteiger partial charge in [-0.3, -0.25) is 14.6 Å². The first kappa shape index (κ1) is 31.8. The number of amides is 2. The van der Waals surface area contributed by atoms with Crippen LogP contribution in [0.5, 0.6) is 0 Å². The molecule has 1 saturated heterocycles. The number of halogens is 2. The molecule has 0 radical (unpaired) electrons. The van der Waals surface area contributed by atoms with Gasteiger partial charge >= 0.3 is 5.69 Å². The zero-order chi connectivity index (χ0) is 33.4. The molecule has 2 aliphatic heterocycles. The van der Waals surface area contributed by atoms with Crippen LogP contribution < -0.4 is 15.9 Å². The maximum atomic E-state index is 16.3. The molecule has 6 rings (SSSR count). The molecule has 4 aromatic rings. The van der Waals surface area contributed by atoms with Gasteiger partial charge in [0.15, 0.2) is 11.5 Å². The Labute approximate surface area is 272 Å². The van der Waals surface area contributed by atoms with Crippen LogP contribution in [-0.2, 0) is 9.59 Å². The second kappa shape index (κ2) is 12.9. The minimum atomic E-state index is -0.903. The number of anilines is 2. The topological polar surface area (TPSA) is 137 Å². The highest BCUT2D eigenvalue weighted by Gasteiger charge is 2.33. The summed E-state index contributed by atoms with van der Waals surface area (Å²) in [5.74, 6) is -2.17. The molecule has 240 valence electrons. The van der Waals surface area contributed by atoms with Crippen LogP contribution in [0.4, 0.5) is 20.3 Å². The van der Waals surface area contributed by atoms with E-state index < -0.39 is 35.0 Å². The van der Waals surface area contributed by atoms with Crippen LogP contribution in [0.2, 0.25) is 0 Å². The first-order valence-corrected chi connectivity index (χ1v) is 16.0. The van der Waals surface area contributed by atoms with Gasteiger partial charge in [-0.25, -0.2) is 23.1 Å². The fourth-order valence-corrected chi connectivity index (χ4v) is 7.01. The van der Waals surface area contributed by atoms with Crippen molar-refractivity contribution in [2.45, 2.75) is 43.5 Å². The molecule has 0 saturated carbocycles. The third kappa shape index (κ3) is 5.83. The molecule has 1 N–H and O–H groups in total. The molecular weight excluding hydrogens is 626 g/mol. The zero-order valence-electron chi connectivity index (χ0n) is 25.7. The van der Waals surface area contributed by atoms with Crippen LogP contribution in [0, 0.1) is 23.0 Å². The minimum Gasteiger partial charge on any atom is -0.352 e. The third-order valence-corrected chi connectivity index (χ3v) is 9.21. The Morgan fingerprint density at radius 2 is 2.02 bits per heavy atom. The fourth-order valence-electron chi connectivity index (χ4n) is 6.01. The lowest BCUT2D eigenvalue weighted by Gasteiger charge is -2.41. The number of hydrogen-bond donors (Lipinski definition) is 1. The molecule has 2 bridgehead atoms. The quantitative estimate of drug-likeness (QED) is 0.307. The smallest absolute Gasteiger partial charge is 0.352 e. The molecule has 0 unspecified atom stereocenters. The first-order valence-electron chi connectivity index (χ1n) is 15.0. The standard InChI is InChI=1S/C33H30F2N8O3S/c1-4-26(45)42-14-13-41(17-19(42)8-11-36)31-20-16-22(35)29-27-21(34)6-5-7-23(27)38-25(44)10-15-47-24-9-12-37-28(18(2)3)30(24)43(32(20)39-29)33(46)40-31/h4-7,9,12,16,18-19H,1,8,10,13-15,17H2,2-3H3,(H,38,44)/t19-/m0/s1. The van der Waals surface area contributed by atoms with Gasteiger partial charge < -0.3 is 15.1 Å². The number of fused-ring (bicyclic) bond motifs is 5. The van der Waals surface area contributed by atoms with Gasteiger partial charge in [0.2, 0.25) is 11.8 Å². The summed E-state index contributed by atoms with van der Waals surface area (Å²) in [4.78, 5) is 57.3. The van der Waals surface area contributed by atoms with E-state index in [-0.39, 0.29) is 72.4 Å². The SMILES string of the molecule is C=CC(=O)N1CCN(c2nc(=O)n3c4nc(c(F)cc24)-c2c(F)cccc2NC(=O)CCSc2ccnc(C(C)C)c2-3)C[C@@H]1CC#N. The van der Waals surface area contributed by atoms with Gasteiger partial charge in [-0.05, 0) is 36.3 Å². The highest BCUT2D eigenvalue weighted by atomic mass is 32.2. The summed E-state index contributed by atoms with van der Waals surface area (Å²) in [5.41, 5.74) is -0.393. The van der Waals surface area contributed by atoms with Crippen molar-refractivity contribution < 1.29 is 18.4 Å². The van der Waals surface area contributed by atoms with Crippen molar-refractivity contribution in [3.63, 3.8) is 0 Å². The summed E-state index contributed by atoms with van der Waals surface area (Å²) in [6.07, 6.45) is 2.87. The molecule has 1 aromatic carbocycles. The molecule has 11 nitrogen and oxygen atoms in total. The van der Waals surface area contributed by atoms with Crippen molar-refractivity contribution in [3.05, 3.63) is 77.0 Å². The van der Waals surface area contributed by atoms with E-state index in [0.29, 0.717) is 22.0 Å². The summed E-state index contributed by atoms with van der Waals surface area (Å²) in [7, 11) is 0. The van der Waals surface area contributed by atoms with Crippen LogP contribution in [0.3, 0.4) is 0 Å². The number of pyridine rings is 2. The average molecular weight is 657 g/mol. The second-order valence-corrected chi connectivity index (χ2v) is 12.6. The molecule has 5 heterocycles. The number of aromatic nitrogens is 4. The number of rotatable bonds is 4. The molecule has 0 aliphatic carbocycles. The minimum absolute atomic E-state index is 0.00866. The lowest BCUT2D eigenvalue weighted by atomic mass is 10.0. The van der Waals surface area contributed by atoms with E-state index in [2.05, 4.69) is 32.9 Å². The Morgan fingerprint density at radius 1 is 1.21 bits per heavy atom. The van der Waals surface area contributed by atoms with Crippen molar-refractivity contribution in [1.82, 2.24) is 24.4 Å². The predicted octanol–water partition coefficient (Wildman–Crippen LogP) is 4.80. The van der Waals surface area contributed by atoms with E-state index in [4.69, 9.17) is 0 Å². The number of nitrogens with one attached hydrogen (secondary N) is 1. The number of carbonyl (C=O) groups excluding carboxylic acids is 2. The highest BCUT2D eigenvalue weighted by molar-refractivity contribution is 7.99. The Hall–Kier alpha value is -5.16. The molecule has 3 aromatic heterocycles. The van der Waals surface area contributed by atoms with Gasteiger partial charge in [-0.15, -0.1) is 11.8 Å². The molecular formula is C33H30F2N8O3S. The molecule has 2 aliphatic rings. The van der Waals surface area contributed by atoms with Gasteiger partial charge in [0.1, 0.15) is 17.3 Å². The van der Waals surface area contributed by atoms with Crippen LogP contribution in [0.15, 0.2) is 58.9 Å². The number of nitriles is 1. The summed E-state index contributed by atoms with van der Waals surface area (Å²) < 4.78 is 33.1. The maximum absolute atomic E-state index is 16.3. The van der Waals surface area contributed by atoms with Gasteiger partial charge in [0, 0.05) is 42.9 Å². The van der Waals surface area contributed by atoms with E-state index >= 15 is 8.78 Å². The number of piperazine rings is 1. The Kier molecular flexibility index (Phi) is 8.74. The summed E-state index contributed by atoms with van der Waals surface area (Å²) in [6.45, 7) is 7.96. The van der Waals surface area contributed by atoms with Gasteiger partial charge in [0.25, 0.3) is 0 Å². The summed E-state index contributed by atoms with van der Waals surface area (Å²) in [5, 5.41) is 12.4. The normalized spacial score (nSPS) is 16.4. The highest BCUT2D eigenvalue weighted by Crippen LogP contribution is 2.38. The lowest BCUT2D eigenvalue weighted by molar-refractivity contribution is -0.128. The summed E-state index contributed by atoms with van der Waals surface area (Å²) in [6, 6.07) is 8.47. The van der Waals surface area contributed by atoms with E-state index in [0.717, 1.165) is 12.1 Å². The first-order chi connectivity index (χ1) is 22.6. The van der Waals surface area contributed by atoms with Gasteiger partial charge in [-0.1, -0.05) is 26.5 Å². The van der Waals surface area contributed by atoms with Crippen molar-refractivity contribution >= 4 is 46.1 Å². The Morgan fingerprint density at radius 3 is 2.77 bits per heavy atom. The number of benzene rings is 1. The number of carbonyl (C=O) groups is 2. The zero-order valence-corrected chi connectivity index (χ0v) is 26.5. The molecule has 2 amide bonds. The van der Waals surface area contributed by atoms with E-state index in [1.807, 2.05) is 13.8 Å². The van der Waals surface area contributed by atoms with Gasteiger partial charge in [0.05, 0.1) is 46.6 Å². The Bertz CT molecular complexity index is 2040. The van der Waals surface area contributed by atoms with E-state index in [9.17, 15) is 19.6 Å². The van der Waals surface area contributed by atoms with Crippen molar-refractivity contribution in [2.24, 2.45) is 0 Å². The number of thioether (sulfide) groups is 1. The molecule has 0 spiro atoms. The van der Waals surface area contributed by atoms with Crippen LogP contribution in [0.25, 0.3) is 28.0 Å². The van der Waals surface area contributed by atoms with Crippen LogP contribution in [0.1, 0.15) is 38.3 Å². The Balaban J connectivity index is 1.68. The molecule has 47 heavy (non-hydrogen) atoms. The maximum Gasteiger partial charge on any atom is 0.355 e. The fraction of sp³-hybridized carbons (Fsp3) is 0.303. The van der Waals surface area contributed by atoms with Crippen molar-refractivity contribution in [3.8, 4) is 23.0 Å². The number of nitrogens with zero attached hydrogens (tertiary/aromatic N) is 7. The third-order valence-electron chi connectivity index (χ3n) is 8.17. The molecule has 14 heteroatoms. The van der Waals surface area contributed by atoms with E-state index in [1.165, 1.54) is 39.4 Å². The van der Waals surface area contributed by atoms with Crippen LogP contribution >= 0.6 is 11.8 Å². The van der Waals surface area contributed by atoms with Crippen molar-refractivity contribution in [2.75, 3.05) is 35.6 Å². The molecule has 1 atom stereocenters. The summed E-state index contributed by atoms with van der Waals surface area (Å²) >= 11 is 1.34. The molecule has 1 fully saturated rings. The monoisotopic (exact) mass is 656 g/mol. The lowest BCUT2D eigenvalue weighted by Crippen LogP contribution is -2.55. The number of hydrogen-bond acceptors (Lipinski definition) is 9. The van der Waals surface area contributed by atoms with Crippen LogP contribution in [-0.4, -0.2) is 67.7 Å². The largest absolute Gasteiger partial charge is 0.355 e. The average Bonchev–Trinajstić information content (AvgIpc) is 3.05.